The van der Waals surface area contributed by atoms with Gasteiger partial charge in [-0.25, -0.2) is 4.98 Å². The van der Waals surface area contributed by atoms with Gasteiger partial charge >= 0.3 is 0 Å². The average Bonchev–Trinajstić information content (AvgIpc) is 3.43. The van der Waals surface area contributed by atoms with Crippen molar-refractivity contribution in [2.75, 3.05) is 19.8 Å². The minimum absolute atomic E-state index is 0.0608. The number of aromatic amines is 1. The number of aryl methyl sites for hydroxylation is 1. The maximum Gasteiger partial charge on any atom is 0.261 e. The fourth-order valence-corrected chi connectivity index (χ4v) is 7.29. The van der Waals surface area contributed by atoms with E-state index < -0.39 is 0 Å². The Morgan fingerprint density at radius 2 is 1.84 bits per heavy atom. The third-order valence-electron chi connectivity index (χ3n) is 9.14. The van der Waals surface area contributed by atoms with Crippen LogP contribution in [0.5, 0.6) is 0 Å². The van der Waals surface area contributed by atoms with Crippen LogP contribution in [0.3, 0.4) is 0 Å². The summed E-state index contributed by atoms with van der Waals surface area (Å²) in [6, 6.07) is 16.2. The molecule has 43 heavy (non-hydrogen) atoms. The van der Waals surface area contributed by atoms with Gasteiger partial charge in [0.1, 0.15) is 4.83 Å². The molecule has 7 nitrogen and oxygen atoms in total. The Balaban J connectivity index is 1.20. The van der Waals surface area contributed by atoms with Crippen molar-refractivity contribution >= 4 is 27.5 Å². The van der Waals surface area contributed by atoms with Crippen LogP contribution in [0.1, 0.15) is 79.0 Å². The number of H-pyrrole nitrogens is 1. The molecule has 1 aliphatic heterocycles. The number of ether oxygens (including phenoxy) is 1. The lowest BCUT2D eigenvalue weighted by Crippen LogP contribution is -2.37. The molecule has 8 heteroatoms. The number of hydrogen-bond donors (Lipinski definition) is 3. The number of carbonyl (C=O) groups is 1. The Kier molecular flexibility index (Phi) is 8.80. The molecule has 4 aromatic rings. The van der Waals surface area contributed by atoms with E-state index >= 15 is 0 Å². The Morgan fingerprint density at radius 3 is 2.56 bits per heavy atom. The SMILES string of the molecule is CC(C)(C)[C@H]1CCc2nc3sc(C(=O)N[C@H](CCNC4CCOCC4)c4ccc(-c5ccc(=O)[nH]c5)cc4)cc3cc2C1. The van der Waals surface area contributed by atoms with Gasteiger partial charge in [0.2, 0.25) is 5.56 Å². The third-order valence-corrected chi connectivity index (χ3v) is 10.2. The van der Waals surface area contributed by atoms with E-state index in [1.165, 1.54) is 35.1 Å². The van der Waals surface area contributed by atoms with E-state index in [0.29, 0.717) is 16.8 Å². The first-order valence-corrected chi connectivity index (χ1v) is 16.4. The Hall–Kier alpha value is -3.33. The molecule has 3 N–H and O–H groups in total. The van der Waals surface area contributed by atoms with Crippen LogP contribution < -0.4 is 16.2 Å². The van der Waals surface area contributed by atoms with Crippen LogP contribution in [0.25, 0.3) is 21.3 Å². The number of hydrogen-bond acceptors (Lipinski definition) is 6. The number of benzene rings is 1. The number of thiophene rings is 1. The largest absolute Gasteiger partial charge is 0.381 e. The van der Waals surface area contributed by atoms with Gasteiger partial charge in [-0.05, 0) is 96.9 Å². The quantitative estimate of drug-likeness (QED) is 0.217. The van der Waals surface area contributed by atoms with Crippen LogP contribution in [-0.2, 0) is 17.6 Å². The summed E-state index contributed by atoms with van der Waals surface area (Å²) in [6.45, 7) is 9.37. The van der Waals surface area contributed by atoms with Crippen LogP contribution in [-0.4, -0.2) is 41.7 Å². The lowest BCUT2D eigenvalue weighted by Gasteiger charge is -2.34. The van der Waals surface area contributed by atoms with Crippen molar-refractivity contribution < 1.29 is 9.53 Å². The number of fused-ring (bicyclic) bond motifs is 2. The van der Waals surface area contributed by atoms with Crippen LogP contribution >= 0.6 is 11.3 Å². The molecule has 1 saturated heterocycles. The molecular weight excluding hydrogens is 556 g/mol. The number of carbonyl (C=O) groups excluding carboxylic acids is 1. The molecule has 1 amide bonds. The van der Waals surface area contributed by atoms with Gasteiger partial charge in [-0.3, -0.25) is 9.59 Å². The molecule has 1 fully saturated rings. The number of aromatic nitrogens is 2. The van der Waals surface area contributed by atoms with Crippen molar-refractivity contribution in [3.63, 3.8) is 0 Å². The zero-order chi connectivity index (χ0) is 30.0. The highest BCUT2D eigenvalue weighted by atomic mass is 32.1. The number of nitrogens with zero attached hydrogens (tertiary/aromatic N) is 1. The van der Waals surface area contributed by atoms with Gasteiger partial charge in [0, 0.05) is 42.6 Å². The predicted octanol–water partition coefficient (Wildman–Crippen LogP) is 6.43. The number of amides is 1. The van der Waals surface area contributed by atoms with Crippen molar-refractivity contribution in [2.24, 2.45) is 11.3 Å². The molecule has 226 valence electrons. The summed E-state index contributed by atoms with van der Waals surface area (Å²) in [7, 11) is 0. The van der Waals surface area contributed by atoms with Gasteiger partial charge in [-0.15, -0.1) is 11.3 Å². The smallest absolute Gasteiger partial charge is 0.261 e. The molecular formula is C35H42N4O3S. The summed E-state index contributed by atoms with van der Waals surface area (Å²) in [4.78, 5) is 34.6. The Morgan fingerprint density at radius 1 is 1.07 bits per heavy atom. The van der Waals surface area contributed by atoms with Gasteiger partial charge in [0.25, 0.3) is 5.91 Å². The van der Waals surface area contributed by atoms with E-state index in [0.717, 1.165) is 78.8 Å². The summed E-state index contributed by atoms with van der Waals surface area (Å²) < 4.78 is 5.51. The molecule has 4 heterocycles. The highest BCUT2D eigenvalue weighted by Gasteiger charge is 2.30. The second-order valence-electron chi connectivity index (χ2n) is 13.1. The molecule has 3 aromatic heterocycles. The van der Waals surface area contributed by atoms with Crippen molar-refractivity contribution in [3.05, 3.63) is 86.8 Å². The predicted molar refractivity (Wildman–Crippen MR) is 174 cm³/mol. The fourth-order valence-electron chi connectivity index (χ4n) is 6.36. The molecule has 1 aliphatic carbocycles. The second kappa shape index (κ2) is 12.7. The summed E-state index contributed by atoms with van der Waals surface area (Å²) in [5.74, 6) is 0.584. The lowest BCUT2D eigenvalue weighted by molar-refractivity contribution is 0.0777. The number of pyridine rings is 2. The minimum Gasteiger partial charge on any atom is -0.381 e. The normalized spacial score (nSPS) is 18.3. The zero-order valence-electron chi connectivity index (χ0n) is 25.4. The van der Waals surface area contributed by atoms with E-state index in [9.17, 15) is 9.59 Å². The lowest BCUT2D eigenvalue weighted by atomic mass is 9.71. The van der Waals surface area contributed by atoms with Crippen LogP contribution in [0.15, 0.2) is 59.5 Å². The number of nitrogens with one attached hydrogen (secondary N) is 3. The van der Waals surface area contributed by atoms with E-state index in [1.807, 2.05) is 24.3 Å². The van der Waals surface area contributed by atoms with Crippen molar-refractivity contribution in [1.82, 2.24) is 20.6 Å². The molecule has 0 unspecified atom stereocenters. The van der Waals surface area contributed by atoms with Crippen molar-refractivity contribution in [2.45, 2.75) is 71.4 Å². The van der Waals surface area contributed by atoms with Crippen molar-refractivity contribution in [1.29, 1.82) is 0 Å². The molecule has 1 aromatic carbocycles. The minimum atomic E-state index is -0.150. The van der Waals surface area contributed by atoms with Crippen LogP contribution in [0.2, 0.25) is 0 Å². The maximum absolute atomic E-state index is 13.7. The van der Waals surface area contributed by atoms with Gasteiger partial charge in [0.05, 0.1) is 10.9 Å². The first-order chi connectivity index (χ1) is 20.7. The van der Waals surface area contributed by atoms with Crippen molar-refractivity contribution in [3.8, 4) is 11.1 Å². The number of rotatable bonds is 8. The summed E-state index contributed by atoms with van der Waals surface area (Å²) >= 11 is 1.49. The van der Waals surface area contributed by atoms with E-state index in [4.69, 9.17) is 9.72 Å². The van der Waals surface area contributed by atoms with Gasteiger partial charge in [-0.2, -0.15) is 0 Å². The molecule has 0 saturated carbocycles. The summed E-state index contributed by atoms with van der Waals surface area (Å²) in [5.41, 5.74) is 5.70. The first-order valence-electron chi connectivity index (χ1n) is 15.6. The second-order valence-corrected chi connectivity index (χ2v) is 14.2. The van der Waals surface area contributed by atoms with Gasteiger partial charge < -0.3 is 20.4 Å². The molecule has 2 aliphatic rings. The Labute approximate surface area is 257 Å². The monoisotopic (exact) mass is 598 g/mol. The molecule has 2 atom stereocenters. The zero-order valence-corrected chi connectivity index (χ0v) is 26.2. The standard InChI is InChI=1S/C35H42N4O3S/c1-35(2,3)27-9-10-29-25(19-27)18-26-20-31(43-34(26)39-29)33(41)38-30(12-15-36-28-13-16-42-17-14-28)23-6-4-22(5-7-23)24-8-11-32(40)37-21-24/h4-8,11,18,20-21,27-28,30,36H,9-10,12-17,19H2,1-3H3,(H,37,40)(H,38,41)/t27-,30+/m0/s1. The first kappa shape index (κ1) is 29.7. The molecule has 0 radical (unpaired) electrons. The van der Waals surface area contributed by atoms with E-state index in [-0.39, 0.29) is 22.9 Å². The van der Waals surface area contributed by atoms with Crippen LogP contribution in [0, 0.1) is 11.3 Å². The van der Waals surface area contributed by atoms with Gasteiger partial charge in [-0.1, -0.05) is 45.0 Å². The van der Waals surface area contributed by atoms with Gasteiger partial charge in [0.15, 0.2) is 0 Å². The highest BCUT2D eigenvalue weighted by molar-refractivity contribution is 7.20. The molecule has 6 rings (SSSR count). The fraction of sp³-hybridized carbons (Fsp3) is 0.457. The Bertz CT molecular complexity index is 1610. The maximum atomic E-state index is 13.7. The average molecular weight is 599 g/mol. The summed E-state index contributed by atoms with van der Waals surface area (Å²) in [5, 5.41) is 8.08. The molecule has 0 spiro atoms. The van der Waals surface area contributed by atoms with E-state index in [2.05, 4.69) is 54.6 Å². The van der Waals surface area contributed by atoms with E-state index in [1.54, 1.807) is 6.20 Å². The highest BCUT2D eigenvalue weighted by Crippen LogP contribution is 2.38. The molecule has 0 bridgehead atoms. The third kappa shape index (κ3) is 7.08. The van der Waals surface area contributed by atoms with Crippen LogP contribution in [0.4, 0.5) is 0 Å². The topological polar surface area (TPSA) is 96.1 Å². The summed E-state index contributed by atoms with van der Waals surface area (Å²) in [6.07, 6.45) is 7.75.